The molecule has 1 amide bonds. The summed E-state index contributed by atoms with van der Waals surface area (Å²) in [5.74, 6) is 1.38. The van der Waals surface area contributed by atoms with Crippen molar-refractivity contribution in [3.8, 4) is 0 Å². The van der Waals surface area contributed by atoms with Crippen LogP contribution in [0.5, 0.6) is 0 Å². The lowest BCUT2D eigenvalue weighted by atomic mass is 9.81. The van der Waals surface area contributed by atoms with Crippen molar-refractivity contribution < 1.29 is 10.0 Å². The molecule has 17 heavy (non-hydrogen) atoms. The molecule has 1 saturated carbocycles. The predicted octanol–water partition coefficient (Wildman–Crippen LogP) is 1.46. The number of nitrogens with one attached hydrogen (secondary N) is 1. The number of hydrogen-bond donors (Lipinski definition) is 3. The molecule has 0 heterocycles. The van der Waals surface area contributed by atoms with Gasteiger partial charge in [-0.05, 0) is 18.3 Å². The van der Waals surface area contributed by atoms with Crippen LogP contribution in [0.25, 0.3) is 0 Å². The first-order chi connectivity index (χ1) is 8.11. The van der Waals surface area contributed by atoms with Gasteiger partial charge in [0.05, 0.1) is 6.42 Å². The van der Waals surface area contributed by atoms with Gasteiger partial charge in [-0.25, -0.2) is 0 Å². The van der Waals surface area contributed by atoms with Gasteiger partial charge in [0.25, 0.3) is 0 Å². The van der Waals surface area contributed by atoms with Gasteiger partial charge in [-0.1, -0.05) is 37.8 Å². The number of amides is 1. The minimum absolute atomic E-state index is 0.0296. The van der Waals surface area contributed by atoms with Crippen molar-refractivity contribution in [1.29, 1.82) is 0 Å². The standard InChI is InChI=1S/C12H23N3O2/c1-9-2-4-10(5-3-9)6-7-14-12(16)8-11(13)15-17/h9-10,17H,2-8H2,1H3,(H2,13,15)(H,14,16). The second kappa shape index (κ2) is 7.14. The highest BCUT2D eigenvalue weighted by Crippen LogP contribution is 2.29. The normalized spacial score (nSPS) is 25.6. The first-order valence-electron chi connectivity index (χ1n) is 6.35. The number of nitrogens with zero attached hydrogens (tertiary/aromatic N) is 1. The summed E-state index contributed by atoms with van der Waals surface area (Å²) in [4.78, 5) is 11.3. The SMILES string of the molecule is CC1CCC(CCNC(=O)CC(N)=NO)CC1. The van der Waals surface area contributed by atoms with Gasteiger partial charge in [-0.3, -0.25) is 4.79 Å². The Balaban J connectivity index is 2.09. The van der Waals surface area contributed by atoms with Gasteiger partial charge in [-0.2, -0.15) is 0 Å². The molecule has 0 atom stereocenters. The van der Waals surface area contributed by atoms with Crippen LogP contribution in [0.2, 0.25) is 0 Å². The molecule has 1 fully saturated rings. The van der Waals surface area contributed by atoms with Crippen molar-refractivity contribution >= 4 is 11.7 Å². The van der Waals surface area contributed by atoms with Crippen LogP contribution in [-0.4, -0.2) is 23.5 Å². The van der Waals surface area contributed by atoms with Crippen LogP contribution in [0.1, 0.15) is 45.4 Å². The van der Waals surface area contributed by atoms with Crippen LogP contribution in [0.3, 0.4) is 0 Å². The van der Waals surface area contributed by atoms with Gasteiger partial charge in [0.2, 0.25) is 5.91 Å². The van der Waals surface area contributed by atoms with Crippen molar-refractivity contribution in [3.63, 3.8) is 0 Å². The Kier molecular flexibility index (Phi) is 5.80. The molecule has 1 aliphatic carbocycles. The second-order valence-corrected chi connectivity index (χ2v) is 5.03. The van der Waals surface area contributed by atoms with E-state index < -0.39 is 0 Å². The van der Waals surface area contributed by atoms with E-state index in [4.69, 9.17) is 10.9 Å². The van der Waals surface area contributed by atoms with E-state index >= 15 is 0 Å². The summed E-state index contributed by atoms with van der Waals surface area (Å²) in [5.41, 5.74) is 5.24. The van der Waals surface area contributed by atoms with Crippen LogP contribution >= 0.6 is 0 Å². The summed E-state index contributed by atoms with van der Waals surface area (Å²) in [6.45, 7) is 2.99. The zero-order chi connectivity index (χ0) is 12.7. The number of nitrogens with two attached hydrogens (primary N) is 1. The number of amidine groups is 1. The molecule has 1 aliphatic rings. The van der Waals surface area contributed by atoms with Crippen molar-refractivity contribution in [2.45, 2.75) is 45.4 Å². The number of oxime groups is 1. The third kappa shape index (κ3) is 5.56. The molecule has 5 nitrogen and oxygen atoms in total. The summed E-state index contributed by atoms with van der Waals surface area (Å²) in [5, 5.41) is 13.9. The quantitative estimate of drug-likeness (QED) is 0.295. The van der Waals surface area contributed by atoms with Crippen molar-refractivity contribution in [2.75, 3.05) is 6.54 Å². The van der Waals surface area contributed by atoms with Crippen LogP contribution < -0.4 is 11.1 Å². The first-order valence-corrected chi connectivity index (χ1v) is 6.35. The Morgan fingerprint density at radius 2 is 2.06 bits per heavy atom. The van der Waals surface area contributed by atoms with Gasteiger partial charge in [-0.15, -0.1) is 0 Å². The maximum Gasteiger partial charge on any atom is 0.227 e. The fourth-order valence-electron chi connectivity index (χ4n) is 2.30. The molecule has 0 bridgehead atoms. The van der Waals surface area contributed by atoms with E-state index in [1.807, 2.05) is 0 Å². The molecule has 0 aromatic carbocycles. The van der Waals surface area contributed by atoms with Crippen molar-refractivity contribution in [3.05, 3.63) is 0 Å². The fourth-order valence-corrected chi connectivity index (χ4v) is 2.30. The van der Waals surface area contributed by atoms with E-state index in [0.29, 0.717) is 6.54 Å². The van der Waals surface area contributed by atoms with Crippen molar-refractivity contribution in [1.82, 2.24) is 5.32 Å². The van der Waals surface area contributed by atoms with Crippen LogP contribution in [0.15, 0.2) is 5.16 Å². The molecular weight excluding hydrogens is 218 g/mol. The Bertz CT molecular complexity index is 271. The number of hydrogen-bond acceptors (Lipinski definition) is 3. The van der Waals surface area contributed by atoms with Gasteiger partial charge < -0.3 is 16.3 Å². The third-order valence-corrected chi connectivity index (χ3v) is 3.48. The molecular formula is C12H23N3O2. The maximum absolute atomic E-state index is 11.3. The van der Waals surface area contributed by atoms with Crippen molar-refractivity contribution in [2.24, 2.45) is 22.7 Å². The average molecular weight is 241 g/mol. The summed E-state index contributed by atoms with van der Waals surface area (Å²) < 4.78 is 0. The molecule has 98 valence electrons. The lowest BCUT2D eigenvalue weighted by Crippen LogP contribution is -2.30. The Labute approximate surface area is 102 Å². The lowest BCUT2D eigenvalue weighted by molar-refractivity contribution is -0.120. The second-order valence-electron chi connectivity index (χ2n) is 5.03. The van der Waals surface area contributed by atoms with Gasteiger partial charge in [0, 0.05) is 6.54 Å². The van der Waals surface area contributed by atoms with Crippen LogP contribution in [0, 0.1) is 11.8 Å². The number of carbonyl (C=O) groups excluding carboxylic acids is 1. The van der Waals surface area contributed by atoms with E-state index in [1.54, 1.807) is 0 Å². The monoisotopic (exact) mass is 241 g/mol. The minimum atomic E-state index is -0.176. The average Bonchev–Trinajstić information content (AvgIpc) is 2.31. The summed E-state index contributed by atoms with van der Waals surface area (Å²) in [7, 11) is 0. The molecule has 4 N–H and O–H groups in total. The zero-order valence-electron chi connectivity index (χ0n) is 10.5. The number of rotatable bonds is 5. The largest absolute Gasteiger partial charge is 0.409 e. The molecule has 0 saturated heterocycles. The first kappa shape index (κ1) is 13.8. The number of carbonyl (C=O) groups is 1. The molecule has 0 unspecified atom stereocenters. The molecule has 0 aromatic heterocycles. The molecule has 0 spiro atoms. The molecule has 0 aromatic rings. The lowest BCUT2D eigenvalue weighted by Gasteiger charge is -2.26. The predicted molar refractivity (Wildman–Crippen MR) is 66.8 cm³/mol. The topological polar surface area (TPSA) is 87.7 Å². The van der Waals surface area contributed by atoms with Crippen LogP contribution in [0.4, 0.5) is 0 Å². The highest BCUT2D eigenvalue weighted by molar-refractivity contribution is 5.98. The summed E-state index contributed by atoms with van der Waals surface area (Å²) in [6, 6.07) is 0. The molecule has 0 radical (unpaired) electrons. The highest BCUT2D eigenvalue weighted by Gasteiger charge is 2.17. The Hall–Kier alpha value is -1.26. The molecule has 1 rings (SSSR count). The van der Waals surface area contributed by atoms with E-state index in [9.17, 15) is 4.79 Å². The van der Waals surface area contributed by atoms with Gasteiger partial charge in [0.15, 0.2) is 0 Å². The maximum atomic E-state index is 11.3. The Morgan fingerprint density at radius 3 is 2.65 bits per heavy atom. The molecule has 0 aliphatic heterocycles. The smallest absolute Gasteiger partial charge is 0.227 e. The van der Waals surface area contributed by atoms with E-state index in [2.05, 4.69) is 17.4 Å². The van der Waals surface area contributed by atoms with Gasteiger partial charge >= 0.3 is 0 Å². The summed E-state index contributed by atoms with van der Waals surface area (Å²) >= 11 is 0. The van der Waals surface area contributed by atoms with E-state index in [-0.39, 0.29) is 18.2 Å². The van der Waals surface area contributed by atoms with Crippen LogP contribution in [-0.2, 0) is 4.79 Å². The van der Waals surface area contributed by atoms with Gasteiger partial charge in [0.1, 0.15) is 5.84 Å². The fraction of sp³-hybridized carbons (Fsp3) is 0.833. The summed E-state index contributed by atoms with van der Waals surface area (Å²) in [6.07, 6.45) is 6.17. The Morgan fingerprint density at radius 1 is 1.41 bits per heavy atom. The third-order valence-electron chi connectivity index (χ3n) is 3.48. The highest BCUT2D eigenvalue weighted by atomic mass is 16.4. The minimum Gasteiger partial charge on any atom is -0.409 e. The van der Waals surface area contributed by atoms with E-state index in [0.717, 1.165) is 18.3 Å². The van der Waals surface area contributed by atoms with E-state index in [1.165, 1.54) is 25.7 Å². The zero-order valence-corrected chi connectivity index (χ0v) is 10.5. The molecule has 5 heteroatoms.